The van der Waals surface area contributed by atoms with Gasteiger partial charge in [-0.15, -0.1) is 0 Å². The van der Waals surface area contributed by atoms with Crippen LogP contribution in [-0.2, 0) is 0 Å². The second-order valence-corrected chi connectivity index (χ2v) is 3.49. The maximum Gasteiger partial charge on any atom is 0.218 e. The lowest BCUT2D eigenvalue weighted by molar-refractivity contribution is 0.0942. The molecule has 1 unspecified atom stereocenters. The topological polar surface area (TPSA) is 35.5 Å². The van der Waals surface area contributed by atoms with Gasteiger partial charge < -0.3 is 9.47 Å². The van der Waals surface area contributed by atoms with Gasteiger partial charge in [0.05, 0.1) is 12.7 Å². The number of hydrogen-bond acceptors (Lipinski definition) is 3. The molecule has 3 nitrogen and oxygen atoms in total. The summed E-state index contributed by atoms with van der Waals surface area (Å²) < 4.78 is 10.3. The summed E-state index contributed by atoms with van der Waals surface area (Å²) in [4.78, 5) is 11.4. The van der Waals surface area contributed by atoms with Crippen LogP contribution < -0.4 is 9.47 Å². The number of rotatable bonds is 1. The maximum absolute atomic E-state index is 11.4. The van der Waals surface area contributed by atoms with Gasteiger partial charge in [-0.05, 0) is 28.1 Å². The van der Waals surface area contributed by atoms with Gasteiger partial charge in [-0.25, -0.2) is 0 Å². The zero-order valence-electron chi connectivity index (χ0n) is 6.91. The van der Waals surface area contributed by atoms with E-state index in [1.807, 2.05) is 0 Å². The van der Waals surface area contributed by atoms with Crippen LogP contribution in [0.15, 0.2) is 18.2 Å². The first-order chi connectivity index (χ1) is 6.22. The molecule has 0 radical (unpaired) electrons. The molecule has 0 fully saturated rings. The van der Waals surface area contributed by atoms with Gasteiger partial charge in [-0.2, -0.15) is 0 Å². The highest BCUT2D eigenvalue weighted by Crippen LogP contribution is 2.33. The van der Waals surface area contributed by atoms with Gasteiger partial charge >= 0.3 is 0 Å². The van der Waals surface area contributed by atoms with Gasteiger partial charge in [-0.3, -0.25) is 4.79 Å². The Morgan fingerprint density at radius 1 is 1.54 bits per heavy atom. The van der Waals surface area contributed by atoms with Crippen LogP contribution in [0.3, 0.4) is 0 Å². The van der Waals surface area contributed by atoms with Crippen LogP contribution in [0.25, 0.3) is 0 Å². The highest BCUT2D eigenvalue weighted by Gasteiger charge is 2.30. The standard InChI is InChI=1S/C9H7BrO3/c1-12-5-2-3-6-7(4-5)13-9(10)8(6)11/h2-4,9H,1H3. The fourth-order valence-corrected chi connectivity index (χ4v) is 1.67. The summed E-state index contributed by atoms with van der Waals surface area (Å²) in [7, 11) is 1.57. The number of halogens is 1. The molecule has 1 aliphatic heterocycles. The number of carbonyl (C=O) groups excluding carboxylic acids is 1. The molecule has 0 aliphatic carbocycles. The van der Waals surface area contributed by atoms with Crippen molar-refractivity contribution >= 4 is 21.7 Å². The molecule has 68 valence electrons. The van der Waals surface area contributed by atoms with Crippen LogP contribution >= 0.6 is 15.9 Å². The van der Waals surface area contributed by atoms with Crippen LogP contribution in [0.1, 0.15) is 10.4 Å². The number of carbonyl (C=O) groups is 1. The van der Waals surface area contributed by atoms with Crippen molar-refractivity contribution in [1.82, 2.24) is 0 Å². The van der Waals surface area contributed by atoms with E-state index in [0.717, 1.165) is 0 Å². The molecule has 0 aromatic heterocycles. The van der Waals surface area contributed by atoms with E-state index < -0.39 is 5.01 Å². The number of methoxy groups -OCH3 is 1. The normalized spacial score (nSPS) is 19.5. The van der Waals surface area contributed by atoms with Gasteiger partial charge in [0.1, 0.15) is 11.5 Å². The van der Waals surface area contributed by atoms with Crippen molar-refractivity contribution < 1.29 is 14.3 Å². The Labute approximate surface area is 83.8 Å². The smallest absolute Gasteiger partial charge is 0.218 e. The molecule has 0 saturated carbocycles. The van der Waals surface area contributed by atoms with Gasteiger partial charge in [0.25, 0.3) is 0 Å². The van der Waals surface area contributed by atoms with Crippen LogP contribution in [0.5, 0.6) is 11.5 Å². The second kappa shape index (κ2) is 3.03. The Balaban J connectivity index is 2.46. The third-order valence-electron chi connectivity index (χ3n) is 1.89. The molecular formula is C9H7BrO3. The molecule has 0 bridgehead atoms. The summed E-state index contributed by atoms with van der Waals surface area (Å²) in [5, 5.41) is -0.547. The number of fused-ring (bicyclic) bond motifs is 1. The molecule has 0 spiro atoms. The largest absolute Gasteiger partial charge is 0.497 e. The van der Waals surface area contributed by atoms with E-state index in [-0.39, 0.29) is 5.78 Å². The minimum absolute atomic E-state index is 0.0438. The molecule has 4 heteroatoms. The molecule has 0 saturated heterocycles. The monoisotopic (exact) mass is 242 g/mol. The van der Waals surface area contributed by atoms with Crippen molar-refractivity contribution in [3.8, 4) is 11.5 Å². The number of ether oxygens (including phenoxy) is 2. The van der Waals surface area contributed by atoms with Gasteiger partial charge in [-0.1, -0.05) is 0 Å². The predicted octanol–water partition coefficient (Wildman–Crippen LogP) is 1.99. The van der Waals surface area contributed by atoms with Crippen molar-refractivity contribution in [2.24, 2.45) is 0 Å². The number of ketones is 1. The third-order valence-corrected chi connectivity index (χ3v) is 2.49. The third kappa shape index (κ3) is 1.31. The SMILES string of the molecule is COc1ccc2c(c1)OC(Br)C2=O. The minimum Gasteiger partial charge on any atom is -0.497 e. The van der Waals surface area contributed by atoms with Crippen molar-refractivity contribution in [3.63, 3.8) is 0 Å². The highest BCUT2D eigenvalue weighted by atomic mass is 79.9. The van der Waals surface area contributed by atoms with Crippen molar-refractivity contribution in [2.45, 2.75) is 5.01 Å². The maximum atomic E-state index is 11.4. The molecule has 0 N–H and O–H groups in total. The Morgan fingerprint density at radius 3 is 3.00 bits per heavy atom. The van der Waals surface area contributed by atoms with E-state index in [9.17, 15) is 4.79 Å². The van der Waals surface area contributed by atoms with Crippen LogP contribution in [0.4, 0.5) is 0 Å². The fourth-order valence-electron chi connectivity index (χ4n) is 1.22. The number of Topliss-reactive ketones (excluding diaryl/α,β-unsaturated/α-hetero) is 1. The summed E-state index contributed by atoms with van der Waals surface area (Å²) in [5.74, 6) is 1.22. The van der Waals surface area contributed by atoms with Crippen LogP contribution in [-0.4, -0.2) is 17.9 Å². The first-order valence-electron chi connectivity index (χ1n) is 3.75. The van der Waals surface area contributed by atoms with Crippen molar-refractivity contribution in [2.75, 3.05) is 7.11 Å². The van der Waals surface area contributed by atoms with E-state index in [1.165, 1.54) is 0 Å². The van der Waals surface area contributed by atoms with E-state index in [0.29, 0.717) is 17.1 Å². The Morgan fingerprint density at radius 2 is 2.31 bits per heavy atom. The molecule has 1 atom stereocenters. The first-order valence-corrected chi connectivity index (χ1v) is 4.67. The molecule has 0 amide bonds. The molecule has 2 rings (SSSR count). The highest BCUT2D eigenvalue weighted by molar-refractivity contribution is 9.09. The van der Waals surface area contributed by atoms with E-state index >= 15 is 0 Å². The average Bonchev–Trinajstić information content (AvgIpc) is 2.42. The molecule has 1 aromatic rings. The average molecular weight is 243 g/mol. The first kappa shape index (κ1) is 8.56. The fraction of sp³-hybridized carbons (Fsp3) is 0.222. The zero-order chi connectivity index (χ0) is 9.42. The van der Waals surface area contributed by atoms with Gasteiger partial charge in [0.15, 0.2) is 0 Å². The Hall–Kier alpha value is -1.03. The molecular weight excluding hydrogens is 236 g/mol. The Bertz CT molecular complexity index is 362. The van der Waals surface area contributed by atoms with Crippen molar-refractivity contribution in [1.29, 1.82) is 0 Å². The molecule has 1 aliphatic rings. The summed E-state index contributed by atoms with van der Waals surface area (Å²) in [6, 6.07) is 5.15. The second-order valence-electron chi connectivity index (χ2n) is 2.66. The minimum atomic E-state index is -0.547. The quantitative estimate of drug-likeness (QED) is 0.707. The molecule has 1 heterocycles. The molecule has 13 heavy (non-hydrogen) atoms. The number of hydrogen-bond donors (Lipinski definition) is 0. The lowest BCUT2D eigenvalue weighted by atomic mass is 10.1. The molecule has 1 aromatic carbocycles. The van der Waals surface area contributed by atoms with Crippen molar-refractivity contribution in [3.05, 3.63) is 23.8 Å². The Kier molecular flexibility index (Phi) is 2.00. The van der Waals surface area contributed by atoms with E-state index in [4.69, 9.17) is 9.47 Å². The van der Waals surface area contributed by atoms with E-state index in [1.54, 1.807) is 25.3 Å². The lowest BCUT2D eigenvalue weighted by Crippen LogP contribution is -2.10. The van der Waals surface area contributed by atoms with Gasteiger partial charge in [0, 0.05) is 6.07 Å². The lowest BCUT2D eigenvalue weighted by Gasteiger charge is -2.01. The summed E-state index contributed by atoms with van der Waals surface area (Å²) in [6.45, 7) is 0. The zero-order valence-corrected chi connectivity index (χ0v) is 8.50. The number of benzene rings is 1. The van der Waals surface area contributed by atoms with Crippen LogP contribution in [0.2, 0.25) is 0 Å². The van der Waals surface area contributed by atoms with E-state index in [2.05, 4.69) is 15.9 Å². The summed E-state index contributed by atoms with van der Waals surface area (Å²) in [6.07, 6.45) is 0. The predicted molar refractivity (Wildman–Crippen MR) is 50.7 cm³/mol. The number of alkyl halides is 1. The van der Waals surface area contributed by atoms with Gasteiger partial charge in [0.2, 0.25) is 10.8 Å². The summed E-state index contributed by atoms with van der Waals surface area (Å²) in [5.41, 5.74) is 0.600. The summed E-state index contributed by atoms with van der Waals surface area (Å²) >= 11 is 3.12. The van der Waals surface area contributed by atoms with Crippen LogP contribution in [0, 0.1) is 0 Å².